The number of aryl methyl sites for hydroxylation is 2. The van der Waals surface area contributed by atoms with Gasteiger partial charge in [-0.3, -0.25) is 10.1 Å². The van der Waals surface area contributed by atoms with Gasteiger partial charge in [0.05, 0.1) is 4.92 Å². The van der Waals surface area contributed by atoms with Gasteiger partial charge in [0.1, 0.15) is 0 Å². The van der Waals surface area contributed by atoms with Crippen molar-refractivity contribution in [3.63, 3.8) is 0 Å². The van der Waals surface area contributed by atoms with Gasteiger partial charge in [-0.05, 0) is 36.8 Å². The van der Waals surface area contributed by atoms with Crippen LogP contribution in [-0.2, 0) is 12.8 Å². The molecule has 0 aliphatic carbocycles. The third-order valence-electron chi connectivity index (χ3n) is 3.00. The Labute approximate surface area is 103 Å². The van der Waals surface area contributed by atoms with Crippen LogP contribution >= 0.6 is 0 Å². The Kier molecular flexibility index (Phi) is 5.67. The molecule has 0 unspecified atom stereocenters. The minimum absolute atomic E-state index is 0.219. The summed E-state index contributed by atoms with van der Waals surface area (Å²) in [7, 11) is 0. The van der Waals surface area contributed by atoms with E-state index in [4.69, 9.17) is 0 Å². The molecule has 1 rings (SSSR count). The van der Waals surface area contributed by atoms with Crippen LogP contribution < -0.4 is 0 Å². The van der Waals surface area contributed by atoms with Gasteiger partial charge in [0.15, 0.2) is 0 Å². The van der Waals surface area contributed by atoms with Gasteiger partial charge in [0.2, 0.25) is 0 Å². The standard InChI is InChI=1S/C14H21NO2/c1-3-5-7-12-9-10-14(15(16)17)11-13(12)8-6-4-2/h9-11H,3-8H2,1-2H3. The molecule has 0 fully saturated rings. The topological polar surface area (TPSA) is 43.1 Å². The Balaban J connectivity index is 2.90. The number of hydrogen-bond donors (Lipinski definition) is 0. The molecule has 0 N–H and O–H groups in total. The van der Waals surface area contributed by atoms with Crippen LogP contribution in [0.25, 0.3) is 0 Å². The summed E-state index contributed by atoms with van der Waals surface area (Å²) in [6.45, 7) is 4.31. The second kappa shape index (κ2) is 7.05. The Morgan fingerprint density at radius 1 is 1.06 bits per heavy atom. The van der Waals surface area contributed by atoms with Gasteiger partial charge in [-0.25, -0.2) is 0 Å². The van der Waals surface area contributed by atoms with Crippen LogP contribution in [-0.4, -0.2) is 4.92 Å². The van der Waals surface area contributed by atoms with E-state index < -0.39 is 0 Å². The first-order valence-electron chi connectivity index (χ1n) is 6.45. The highest BCUT2D eigenvalue weighted by Crippen LogP contribution is 2.21. The second-order valence-corrected chi connectivity index (χ2v) is 4.42. The molecule has 1 aromatic rings. The molecule has 0 spiro atoms. The molecule has 3 nitrogen and oxygen atoms in total. The van der Waals surface area contributed by atoms with Crippen molar-refractivity contribution >= 4 is 5.69 Å². The van der Waals surface area contributed by atoms with Crippen molar-refractivity contribution in [1.82, 2.24) is 0 Å². The zero-order chi connectivity index (χ0) is 12.7. The van der Waals surface area contributed by atoms with E-state index in [-0.39, 0.29) is 10.6 Å². The Hall–Kier alpha value is -1.38. The number of non-ortho nitro benzene ring substituents is 1. The van der Waals surface area contributed by atoms with E-state index in [1.54, 1.807) is 12.1 Å². The minimum Gasteiger partial charge on any atom is -0.258 e. The van der Waals surface area contributed by atoms with Gasteiger partial charge in [-0.2, -0.15) is 0 Å². The monoisotopic (exact) mass is 235 g/mol. The number of nitrogens with zero attached hydrogens (tertiary/aromatic N) is 1. The lowest BCUT2D eigenvalue weighted by atomic mass is 9.97. The molecular weight excluding hydrogens is 214 g/mol. The van der Waals surface area contributed by atoms with Crippen molar-refractivity contribution in [2.75, 3.05) is 0 Å². The number of benzene rings is 1. The lowest BCUT2D eigenvalue weighted by Crippen LogP contribution is -1.97. The fourth-order valence-electron chi connectivity index (χ4n) is 1.94. The molecule has 0 saturated heterocycles. The normalized spacial score (nSPS) is 10.5. The predicted octanol–water partition coefficient (Wildman–Crippen LogP) is 4.28. The Morgan fingerprint density at radius 2 is 1.65 bits per heavy atom. The van der Waals surface area contributed by atoms with Crippen LogP contribution in [0.5, 0.6) is 0 Å². The van der Waals surface area contributed by atoms with Gasteiger partial charge in [0, 0.05) is 12.1 Å². The number of nitro benzene ring substituents is 1. The maximum absolute atomic E-state index is 10.8. The number of rotatable bonds is 7. The van der Waals surface area contributed by atoms with Gasteiger partial charge in [0.25, 0.3) is 5.69 Å². The van der Waals surface area contributed by atoms with Gasteiger partial charge >= 0.3 is 0 Å². The molecule has 3 heteroatoms. The van der Waals surface area contributed by atoms with Crippen molar-refractivity contribution in [3.05, 3.63) is 39.4 Å². The molecule has 0 aliphatic rings. The fraction of sp³-hybridized carbons (Fsp3) is 0.571. The van der Waals surface area contributed by atoms with E-state index in [0.717, 1.165) is 44.1 Å². The molecule has 0 amide bonds. The van der Waals surface area contributed by atoms with Gasteiger partial charge in [-0.1, -0.05) is 32.8 Å². The highest BCUT2D eigenvalue weighted by molar-refractivity contribution is 5.40. The maximum Gasteiger partial charge on any atom is 0.269 e. The van der Waals surface area contributed by atoms with E-state index in [1.165, 1.54) is 5.56 Å². The molecule has 0 aliphatic heterocycles. The summed E-state index contributed by atoms with van der Waals surface area (Å²) >= 11 is 0. The summed E-state index contributed by atoms with van der Waals surface area (Å²) in [4.78, 5) is 10.5. The summed E-state index contributed by atoms with van der Waals surface area (Å²) in [6, 6.07) is 5.31. The molecular formula is C14H21NO2. The van der Waals surface area contributed by atoms with E-state index in [9.17, 15) is 10.1 Å². The van der Waals surface area contributed by atoms with Crippen LogP contribution in [0.3, 0.4) is 0 Å². The summed E-state index contributed by atoms with van der Waals surface area (Å²) in [6.07, 6.45) is 6.52. The Morgan fingerprint density at radius 3 is 2.18 bits per heavy atom. The molecule has 0 saturated carbocycles. The molecule has 0 atom stereocenters. The number of nitro groups is 1. The summed E-state index contributed by atoms with van der Waals surface area (Å²) < 4.78 is 0. The molecule has 0 radical (unpaired) electrons. The SMILES string of the molecule is CCCCc1ccc([N+](=O)[O-])cc1CCCC. The highest BCUT2D eigenvalue weighted by atomic mass is 16.6. The summed E-state index contributed by atoms with van der Waals surface area (Å²) in [5, 5.41) is 10.8. The summed E-state index contributed by atoms with van der Waals surface area (Å²) in [5.41, 5.74) is 2.66. The van der Waals surface area contributed by atoms with Crippen LogP contribution in [0.1, 0.15) is 50.7 Å². The van der Waals surface area contributed by atoms with Crippen molar-refractivity contribution in [2.45, 2.75) is 52.4 Å². The van der Waals surface area contributed by atoms with E-state index in [2.05, 4.69) is 13.8 Å². The average molecular weight is 235 g/mol. The van der Waals surface area contributed by atoms with E-state index >= 15 is 0 Å². The number of hydrogen-bond acceptors (Lipinski definition) is 2. The largest absolute Gasteiger partial charge is 0.269 e. The molecule has 0 aromatic heterocycles. The first-order valence-corrected chi connectivity index (χ1v) is 6.45. The quantitative estimate of drug-likeness (QED) is 0.523. The number of unbranched alkanes of at least 4 members (excludes halogenated alkanes) is 2. The molecule has 17 heavy (non-hydrogen) atoms. The van der Waals surface area contributed by atoms with Crippen LogP contribution in [0, 0.1) is 10.1 Å². The van der Waals surface area contributed by atoms with E-state index in [0.29, 0.717) is 0 Å². The molecule has 94 valence electrons. The highest BCUT2D eigenvalue weighted by Gasteiger charge is 2.10. The minimum atomic E-state index is -0.307. The predicted molar refractivity (Wildman–Crippen MR) is 70.3 cm³/mol. The van der Waals surface area contributed by atoms with Crippen molar-refractivity contribution < 1.29 is 4.92 Å². The third-order valence-corrected chi connectivity index (χ3v) is 3.00. The first kappa shape index (κ1) is 13.7. The zero-order valence-electron chi connectivity index (χ0n) is 10.7. The lowest BCUT2D eigenvalue weighted by Gasteiger charge is -2.08. The van der Waals surface area contributed by atoms with Crippen LogP contribution in [0.4, 0.5) is 5.69 Å². The van der Waals surface area contributed by atoms with Crippen molar-refractivity contribution in [2.24, 2.45) is 0 Å². The molecule has 1 aromatic carbocycles. The van der Waals surface area contributed by atoms with Crippen molar-refractivity contribution in [1.29, 1.82) is 0 Å². The smallest absolute Gasteiger partial charge is 0.258 e. The Bertz CT molecular complexity index is 374. The van der Waals surface area contributed by atoms with Crippen LogP contribution in [0.2, 0.25) is 0 Å². The molecule has 0 heterocycles. The average Bonchev–Trinajstić information content (AvgIpc) is 2.34. The van der Waals surface area contributed by atoms with Crippen molar-refractivity contribution in [3.8, 4) is 0 Å². The van der Waals surface area contributed by atoms with Crippen LogP contribution in [0.15, 0.2) is 18.2 Å². The first-order chi connectivity index (χ1) is 8.19. The maximum atomic E-state index is 10.8. The van der Waals surface area contributed by atoms with Gasteiger partial charge < -0.3 is 0 Å². The zero-order valence-corrected chi connectivity index (χ0v) is 10.7. The fourth-order valence-corrected chi connectivity index (χ4v) is 1.94. The summed E-state index contributed by atoms with van der Waals surface area (Å²) in [5.74, 6) is 0. The third kappa shape index (κ3) is 4.17. The van der Waals surface area contributed by atoms with E-state index in [1.807, 2.05) is 6.07 Å². The van der Waals surface area contributed by atoms with Gasteiger partial charge in [-0.15, -0.1) is 0 Å². The second-order valence-electron chi connectivity index (χ2n) is 4.42. The lowest BCUT2D eigenvalue weighted by molar-refractivity contribution is -0.384. The molecule has 0 bridgehead atoms.